The van der Waals surface area contributed by atoms with Crippen molar-refractivity contribution in [3.8, 4) is 0 Å². The molecular weight excluding hydrogens is 242 g/mol. The number of rotatable bonds is 6. The first-order valence-electron chi connectivity index (χ1n) is 5.61. The highest BCUT2D eigenvalue weighted by atomic mass is 35.5. The van der Waals surface area contributed by atoms with Gasteiger partial charge in [0, 0.05) is 18.3 Å². The van der Waals surface area contributed by atoms with Crippen molar-refractivity contribution in [3.63, 3.8) is 0 Å². The summed E-state index contributed by atoms with van der Waals surface area (Å²) in [5.74, 6) is 0.281. The Balaban J connectivity index is 2.79. The SMILES string of the molecule is CCCCC(C)Nc1ncc(Cl)cc1[N+](=O)[O-]. The third kappa shape index (κ3) is 4.19. The molecule has 0 fully saturated rings. The zero-order chi connectivity index (χ0) is 12.8. The van der Waals surface area contributed by atoms with E-state index in [1.807, 2.05) is 6.92 Å². The van der Waals surface area contributed by atoms with E-state index in [4.69, 9.17) is 11.6 Å². The van der Waals surface area contributed by atoms with Crippen molar-refractivity contribution in [1.82, 2.24) is 4.98 Å². The van der Waals surface area contributed by atoms with E-state index in [1.54, 1.807) is 0 Å². The third-order valence-corrected chi connectivity index (χ3v) is 2.61. The highest BCUT2D eigenvalue weighted by Crippen LogP contribution is 2.25. The third-order valence-electron chi connectivity index (χ3n) is 2.40. The number of aromatic nitrogens is 1. The first-order valence-corrected chi connectivity index (χ1v) is 5.98. The highest BCUT2D eigenvalue weighted by molar-refractivity contribution is 6.30. The molecule has 1 aromatic heterocycles. The number of hydrogen-bond acceptors (Lipinski definition) is 4. The van der Waals surface area contributed by atoms with Crippen LogP contribution in [0.1, 0.15) is 33.1 Å². The van der Waals surface area contributed by atoms with Crippen LogP contribution in [0.15, 0.2) is 12.3 Å². The lowest BCUT2D eigenvalue weighted by molar-refractivity contribution is -0.384. The Bertz CT molecular complexity index is 398. The van der Waals surface area contributed by atoms with Crippen molar-refractivity contribution in [3.05, 3.63) is 27.4 Å². The Morgan fingerprint density at radius 2 is 2.35 bits per heavy atom. The summed E-state index contributed by atoms with van der Waals surface area (Å²) in [5, 5.41) is 14.1. The highest BCUT2D eigenvalue weighted by Gasteiger charge is 2.17. The first kappa shape index (κ1) is 13.7. The van der Waals surface area contributed by atoms with Gasteiger partial charge >= 0.3 is 5.69 Å². The summed E-state index contributed by atoms with van der Waals surface area (Å²) < 4.78 is 0. The number of nitro groups is 1. The van der Waals surface area contributed by atoms with Gasteiger partial charge in [0.25, 0.3) is 0 Å². The fourth-order valence-corrected chi connectivity index (χ4v) is 1.65. The molecule has 5 nitrogen and oxygen atoms in total. The molecule has 1 N–H and O–H groups in total. The van der Waals surface area contributed by atoms with Gasteiger partial charge in [-0.3, -0.25) is 10.1 Å². The van der Waals surface area contributed by atoms with Crippen LogP contribution in [0.4, 0.5) is 11.5 Å². The molecule has 1 aromatic rings. The first-order chi connectivity index (χ1) is 8.04. The van der Waals surface area contributed by atoms with Crippen molar-refractivity contribution < 1.29 is 4.92 Å². The summed E-state index contributed by atoms with van der Waals surface area (Å²) in [5.41, 5.74) is -0.0825. The zero-order valence-corrected chi connectivity index (χ0v) is 10.7. The Kier molecular flexibility index (Phi) is 5.15. The summed E-state index contributed by atoms with van der Waals surface area (Å²) in [7, 11) is 0. The average molecular weight is 258 g/mol. The van der Waals surface area contributed by atoms with E-state index in [9.17, 15) is 10.1 Å². The molecule has 1 unspecified atom stereocenters. The van der Waals surface area contributed by atoms with Gasteiger partial charge in [0.2, 0.25) is 5.82 Å². The lowest BCUT2D eigenvalue weighted by Crippen LogP contribution is -2.16. The van der Waals surface area contributed by atoms with Crippen molar-refractivity contribution in [2.24, 2.45) is 0 Å². The van der Waals surface area contributed by atoms with Gasteiger partial charge in [-0.2, -0.15) is 0 Å². The van der Waals surface area contributed by atoms with Gasteiger partial charge in [-0.1, -0.05) is 31.4 Å². The summed E-state index contributed by atoms with van der Waals surface area (Å²) in [6.07, 6.45) is 4.54. The average Bonchev–Trinajstić information content (AvgIpc) is 2.28. The molecular formula is C11H16ClN3O2. The van der Waals surface area contributed by atoms with Crippen LogP contribution in [0.5, 0.6) is 0 Å². The predicted octanol–water partition coefficient (Wildman–Crippen LogP) is 3.63. The monoisotopic (exact) mass is 257 g/mol. The topological polar surface area (TPSA) is 68.1 Å². The Labute approximate surface area is 105 Å². The van der Waals surface area contributed by atoms with Crippen LogP contribution >= 0.6 is 11.6 Å². The fourth-order valence-electron chi connectivity index (χ4n) is 1.49. The van der Waals surface area contributed by atoms with Crippen LogP contribution in [0.2, 0.25) is 5.02 Å². The second-order valence-corrected chi connectivity index (χ2v) is 4.40. The van der Waals surface area contributed by atoms with Gasteiger partial charge in [0.05, 0.1) is 9.95 Å². The molecule has 0 aliphatic carbocycles. The lowest BCUT2D eigenvalue weighted by Gasteiger charge is -2.13. The molecule has 0 aliphatic rings. The number of anilines is 1. The van der Waals surface area contributed by atoms with Crippen LogP contribution in [0, 0.1) is 10.1 Å². The van der Waals surface area contributed by atoms with Crippen molar-refractivity contribution in [1.29, 1.82) is 0 Å². The molecule has 1 atom stereocenters. The molecule has 0 amide bonds. The molecule has 0 aromatic carbocycles. The summed E-state index contributed by atoms with van der Waals surface area (Å²) in [4.78, 5) is 14.3. The summed E-state index contributed by atoms with van der Waals surface area (Å²) >= 11 is 5.69. The maximum atomic E-state index is 10.8. The molecule has 0 saturated heterocycles. The minimum Gasteiger partial charge on any atom is -0.362 e. The van der Waals surface area contributed by atoms with Crippen molar-refractivity contribution >= 4 is 23.1 Å². The van der Waals surface area contributed by atoms with Crippen LogP contribution in [-0.2, 0) is 0 Å². The number of nitrogens with zero attached hydrogens (tertiary/aromatic N) is 2. The van der Waals surface area contributed by atoms with E-state index in [2.05, 4.69) is 17.2 Å². The van der Waals surface area contributed by atoms with Gasteiger partial charge in [-0.25, -0.2) is 4.98 Å². The Hall–Kier alpha value is -1.36. The Morgan fingerprint density at radius 3 is 2.94 bits per heavy atom. The second-order valence-electron chi connectivity index (χ2n) is 3.97. The van der Waals surface area contributed by atoms with Crippen molar-refractivity contribution in [2.75, 3.05) is 5.32 Å². The molecule has 0 saturated carbocycles. The molecule has 1 heterocycles. The Morgan fingerprint density at radius 1 is 1.65 bits per heavy atom. The number of pyridine rings is 1. The van der Waals surface area contributed by atoms with E-state index < -0.39 is 4.92 Å². The molecule has 0 radical (unpaired) electrons. The summed E-state index contributed by atoms with van der Waals surface area (Å²) in [6.45, 7) is 4.09. The zero-order valence-electron chi connectivity index (χ0n) is 9.94. The maximum absolute atomic E-state index is 10.8. The van der Waals surface area contributed by atoms with Gasteiger partial charge < -0.3 is 5.32 Å². The molecule has 6 heteroatoms. The quantitative estimate of drug-likeness (QED) is 0.624. The smallest absolute Gasteiger partial charge is 0.312 e. The summed E-state index contributed by atoms with van der Waals surface area (Å²) in [6, 6.07) is 1.46. The number of halogens is 1. The van der Waals surface area contributed by atoms with Gasteiger partial charge in [-0.15, -0.1) is 0 Å². The van der Waals surface area contributed by atoms with E-state index in [1.165, 1.54) is 12.3 Å². The standard InChI is InChI=1S/C11H16ClN3O2/c1-3-4-5-8(2)14-11-10(15(16)17)6-9(12)7-13-11/h6-8H,3-5H2,1-2H3,(H,13,14). The predicted molar refractivity (Wildman–Crippen MR) is 68.5 cm³/mol. The van der Waals surface area contributed by atoms with Gasteiger partial charge in [0.1, 0.15) is 0 Å². The van der Waals surface area contributed by atoms with Gasteiger partial charge in [-0.05, 0) is 13.3 Å². The van der Waals surface area contributed by atoms with Crippen LogP contribution in [0.25, 0.3) is 0 Å². The minimum atomic E-state index is -0.478. The molecule has 0 bridgehead atoms. The lowest BCUT2D eigenvalue weighted by atomic mass is 10.1. The van der Waals surface area contributed by atoms with E-state index in [0.29, 0.717) is 0 Å². The molecule has 0 spiro atoms. The second kappa shape index (κ2) is 6.39. The van der Waals surface area contributed by atoms with E-state index in [0.717, 1.165) is 19.3 Å². The largest absolute Gasteiger partial charge is 0.362 e. The normalized spacial score (nSPS) is 12.2. The molecule has 1 rings (SSSR count). The fraction of sp³-hybridized carbons (Fsp3) is 0.545. The molecule has 94 valence electrons. The number of hydrogen-bond donors (Lipinski definition) is 1. The molecule has 17 heavy (non-hydrogen) atoms. The molecule has 0 aliphatic heterocycles. The van der Waals surface area contributed by atoms with Crippen LogP contribution < -0.4 is 5.32 Å². The van der Waals surface area contributed by atoms with E-state index >= 15 is 0 Å². The maximum Gasteiger partial charge on any atom is 0.312 e. The van der Waals surface area contributed by atoms with Gasteiger partial charge in [0.15, 0.2) is 0 Å². The van der Waals surface area contributed by atoms with E-state index in [-0.39, 0.29) is 22.6 Å². The number of nitrogens with one attached hydrogen (secondary N) is 1. The minimum absolute atomic E-state index is 0.0825. The van der Waals surface area contributed by atoms with Crippen LogP contribution in [0.3, 0.4) is 0 Å². The van der Waals surface area contributed by atoms with Crippen molar-refractivity contribution in [2.45, 2.75) is 39.2 Å². The van der Waals surface area contributed by atoms with Crippen LogP contribution in [-0.4, -0.2) is 15.9 Å². The number of unbranched alkanes of at least 4 members (excludes halogenated alkanes) is 1.